The molecule has 100 valence electrons. The number of hydrogen-bond acceptors (Lipinski definition) is 4. The van der Waals surface area contributed by atoms with Crippen LogP contribution in [0.5, 0.6) is 5.75 Å². The first-order valence-electron chi connectivity index (χ1n) is 6.17. The SMILES string of the molecule is CCCNC(=O)c1ccc(OCc2cscn2)cc1. The van der Waals surface area contributed by atoms with Crippen molar-refractivity contribution in [2.75, 3.05) is 6.54 Å². The highest BCUT2D eigenvalue weighted by Gasteiger charge is 2.04. The minimum Gasteiger partial charge on any atom is -0.487 e. The molecule has 2 aromatic rings. The maximum Gasteiger partial charge on any atom is 0.251 e. The summed E-state index contributed by atoms with van der Waals surface area (Å²) in [4.78, 5) is 15.8. The molecule has 0 bridgehead atoms. The maximum atomic E-state index is 11.7. The van der Waals surface area contributed by atoms with E-state index in [-0.39, 0.29) is 5.91 Å². The Kier molecular flexibility index (Phi) is 4.92. The van der Waals surface area contributed by atoms with Crippen LogP contribution in [-0.4, -0.2) is 17.4 Å². The molecule has 0 spiro atoms. The molecule has 0 aliphatic heterocycles. The summed E-state index contributed by atoms with van der Waals surface area (Å²) < 4.78 is 5.58. The van der Waals surface area contributed by atoms with E-state index in [9.17, 15) is 4.79 Å². The average molecular weight is 276 g/mol. The van der Waals surface area contributed by atoms with Gasteiger partial charge in [-0.25, -0.2) is 4.98 Å². The summed E-state index contributed by atoms with van der Waals surface area (Å²) in [7, 11) is 0. The molecule has 0 unspecified atom stereocenters. The number of aromatic nitrogens is 1. The summed E-state index contributed by atoms with van der Waals surface area (Å²) in [5.74, 6) is 0.688. The predicted octanol–water partition coefficient (Wildman–Crippen LogP) is 2.86. The lowest BCUT2D eigenvalue weighted by Gasteiger charge is -2.06. The number of ether oxygens (including phenoxy) is 1. The second-order valence-corrected chi connectivity index (χ2v) is 4.77. The van der Waals surface area contributed by atoms with Crippen molar-refractivity contribution < 1.29 is 9.53 Å². The highest BCUT2D eigenvalue weighted by atomic mass is 32.1. The van der Waals surface area contributed by atoms with Gasteiger partial charge in [-0.2, -0.15) is 0 Å². The Morgan fingerprint density at radius 1 is 1.37 bits per heavy atom. The van der Waals surface area contributed by atoms with Crippen LogP contribution in [-0.2, 0) is 6.61 Å². The number of carbonyl (C=O) groups excluding carboxylic acids is 1. The van der Waals surface area contributed by atoms with Gasteiger partial charge in [-0.05, 0) is 30.7 Å². The number of nitrogens with zero attached hydrogens (tertiary/aromatic N) is 1. The second-order valence-electron chi connectivity index (χ2n) is 4.05. The van der Waals surface area contributed by atoms with E-state index >= 15 is 0 Å². The fraction of sp³-hybridized carbons (Fsp3) is 0.286. The Morgan fingerprint density at radius 3 is 2.79 bits per heavy atom. The first kappa shape index (κ1) is 13.5. The molecule has 5 heteroatoms. The Bertz CT molecular complexity index is 509. The van der Waals surface area contributed by atoms with E-state index in [1.54, 1.807) is 41.1 Å². The molecule has 4 nitrogen and oxygen atoms in total. The summed E-state index contributed by atoms with van der Waals surface area (Å²) in [6, 6.07) is 7.13. The van der Waals surface area contributed by atoms with Gasteiger partial charge in [0.15, 0.2) is 0 Å². The normalized spacial score (nSPS) is 10.2. The first-order valence-corrected chi connectivity index (χ1v) is 7.12. The topological polar surface area (TPSA) is 51.2 Å². The summed E-state index contributed by atoms with van der Waals surface area (Å²) in [6.45, 7) is 3.17. The highest BCUT2D eigenvalue weighted by molar-refractivity contribution is 7.07. The molecule has 0 saturated heterocycles. The maximum absolute atomic E-state index is 11.7. The molecular weight excluding hydrogens is 260 g/mol. The van der Waals surface area contributed by atoms with Gasteiger partial charge in [0.05, 0.1) is 11.2 Å². The van der Waals surface area contributed by atoms with Crippen LogP contribution in [0.3, 0.4) is 0 Å². The van der Waals surface area contributed by atoms with Crippen LogP contribution in [0.2, 0.25) is 0 Å². The molecule has 2 rings (SSSR count). The van der Waals surface area contributed by atoms with E-state index < -0.39 is 0 Å². The average Bonchev–Trinajstić information content (AvgIpc) is 2.96. The van der Waals surface area contributed by atoms with Crippen molar-refractivity contribution in [3.05, 3.63) is 46.4 Å². The van der Waals surface area contributed by atoms with Gasteiger partial charge in [-0.3, -0.25) is 4.79 Å². The Labute approximate surface area is 116 Å². The number of benzene rings is 1. The van der Waals surface area contributed by atoms with E-state index in [1.807, 2.05) is 12.3 Å². The van der Waals surface area contributed by atoms with Crippen molar-refractivity contribution in [3.8, 4) is 5.75 Å². The third-order valence-electron chi connectivity index (χ3n) is 2.52. The van der Waals surface area contributed by atoms with Crippen LogP contribution >= 0.6 is 11.3 Å². The predicted molar refractivity (Wildman–Crippen MR) is 75.5 cm³/mol. The Morgan fingerprint density at radius 2 is 2.16 bits per heavy atom. The number of amides is 1. The minimum atomic E-state index is -0.0482. The summed E-state index contributed by atoms with van der Waals surface area (Å²) in [5.41, 5.74) is 3.34. The molecular formula is C14H16N2O2S. The second kappa shape index (κ2) is 6.89. The van der Waals surface area contributed by atoms with Crippen molar-refractivity contribution >= 4 is 17.2 Å². The van der Waals surface area contributed by atoms with Gasteiger partial charge in [0.1, 0.15) is 12.4 Å². The summed E-state index contributed by atoms with van der Waals surface area (Å²) in [5, 5.41) is 4.79. The summed E-state index contributed by atoms with van der Waals surface area (Å²) >= 11 is 1.54. The smallest absolute Gasteiger partial charge is 0.251 e. The Balaban J connectivity index is 1.89. The zero-order valence-electron chi connectivity index (χ0n) is 10.8. The molecule has 1 heterocycles. The van der Waals surface area contributed by atoms with Gasteiger partial charge in [0.25, 0.3) is 5.91 Å². The van der Waals surface area contributed by atoms with Crippen LogP contribution in [0.25, 0.3) is 0 Å². The van der Waals surface area contributed by atoms with E-state index in [0.29, 0.717) is 18.7 Å². The van der Waals surface area contributed by atoms with Crippen molar-refractivity contribution in [2.24, 2.45) is 0 Å². The quantitative estimate of drug-likeness (QED) is 0.882. The molecule has 1 amide bonds. The molecule has 0 aliphatic rings. The van der Waals surface area contributed by atoms with Crippen molar-refractivity contribution in [3.63, 3.8) is 0 Å². The lowest BCUT2D eigenvalue weighted by atomic mass is 10.2. The monoisotopic (exact) mass is 276 g/mol. The molecule has 1 aromatic carbocycles. The third kappa shape index (κ3) is 4.06. The molecule has 19 heavy (non-hydrogen) atoms. The van der Waals surface area contributed by atoms with Crippen LogP contribution < -0.4 is 10.1 Å². The lowest BCUT2D eigenvalue weighted by Crippen LogP contribution is -2.23. The van der Waals surface area contributed by atoms with E-state index in [0.717, 1.165) is 17.9 Å². The molecule has 0 saturated carbocycles. The molecule has 0 aliphatic carbocycles. The Hall–Kier alpha value is -1.88. The number of rotatable bonds is 6. The lowest BCUT2D eigenvalue weighted by molar-refractivity contribution is 0.0953. The van der Waals surface area contributed by atoms with E-state index in [4.69, 9.17) is 4.74 Å². The van der Waals surface area contributed by atoms with Crippen molar-refractivity contribution in [1.82, 2.24) is 10.3 Å². The van der Waals surface area contributed by atoms with Crippen molar-refractivity contribution in [2.45, 2.75) is 20.0 Å². The third-order valence-corrected chi connectivity index (χ3v) is 3.16. The van der Waals surface area contributed by atoms with Gasteiger partial charge in [-0.1, -0.05) is 6.92 Å². The molecule has 0 atom stereocenters. The fourth-order valence-electron chi connectivity index (χ4n) is 1.51. The molecule has 1 N–H and O–H groups in total. The standard InChI is InChI=1S/C14H16N2O2S/c1-2-7-15-14(17)11-3-5-13(6-4-11)18-8-12-9-19-10-16-12/h3-6,9-10H,2,7-8H2,1H3,(H,15,17). The van der Waals surface area contributed by atoms with Gasteiger partial charge in [-0.15, -0.1) is 11.3 Å². The zero-order chi connectivity index (χ0) is 13.5. The molecule has 0 radical (unpaired) electrons. The first-order chi connectivity index (χ1) is 9.29. The molecule has 0 fully saturated rings. The number of hydrogen-bond donors (Lipinski definition) is 1. The van der Waals surface area contributed by atoms with Gasteiger partial charge in [0, 0.05) is 17.5 Å². The van der Waals surface area contributed by atoms with Gasteiger partial charge < -0.3 is 10.1 Å². The van der Waals surface area contributed by atoms with Crippen LogP contribution in [0, 0.1) is 0 Å². The van der Waals surface area contributed by atoms with Crippen LogP contribution in [0.4, 0.5) is 0 Å². The van der Waals surface area contributed by atoms with Crippen LogP contribution in [0.15, 0.2) is 35.2 Å². The van der Waals surface area contributed by atoms with Gasteiger partial charge in [0.2, 0.25) is 0 Å². The largest absolute Gasteiger partial charge is 0.487 e. The van der Waals surface area contributed by atoms with E-state index in [2.05, 4.69) is 10.3 Å². The van der Waals surface area contributed by atoms with Crippen molar-refractivity contribution in [1.29, 1.82) is 0 Å². The fourth-order valence-corrected chi connectivity index (χ4v) is 2.05. The highest BCUT2D eigenvalue weighted by Crippen LogP contribution is 2.14. The summed E-state index contributed by atoms with van der Waals surface area (Å²) in [6.07, 6.45) is 0.931. The van der Waals surface area contributed by atoms with Gasteiger partial charge >= 0.3 is 0 Å². The van der Waals surface area contributed by atoms with Crippen LogP contribution in [0.1, 0.15) is 29.4 Å². The number of carbonyl (C=O) groups is 1. The number of thiazole rings is 1. The minimum absolute atomic E-state index is 0.0482. The zero-order valence-corrected chi connectivity index (χ0v) is 11.6. The number of nitrogens with one attached hydrogen (secondary N) is 1. The van der Waals surface area contributed by atoms with E-state index in [1.165, 1.54) is 0 Å². The molecule has 1 aromatic heterocycles.